The Morgan fingerprint density at radius 1 is 1.42 bits per heavy atom. The van der Waals surface area contributed by atoms with E-state index in [4.69, 9.17) is 10.8 Å². The van der Waals surface area contributed by atoms with Crippen molar-refractivity contribution in [1.29, 1.82) is 0 Å². The van der Waals surface area contributed by atoms with Crippen LogP contribution >= 0.6 is 0 Å². The molecule has 1 aromatic rings. The molecule has 1 aliphatic rings. The van der Waals surface area contributed by atoms with E-state index in [1.807, 2.05) is 6.07 Å². The molecular formula is C15H22N2O2. The molecule has 4 nitrogen and oxygen atoms in total. The normalized spacial score (nSPS) is 17.3. The zero-order chi connectivity index (χ0) is 13.9. The molecule has 104 valence electrons. The van der Waals surface area contributed by atoms with Crippen molar-refractivity contribution in [2.45, 2.75) is 39.0 Å². The third kappa shape index (κ3) is 2.83. The molecule has 1 saturated carbocycles. The molecular weight excluding hydrogens is 240 g/mol. The first kappa shape index (κ1) is 13.7. The largest absolute Gasteiger partial charge is 0.478 e. The average molecular weight is 262 g/mol. The summed E-state index contributed by atoms with van der Waals surface area (Å²) in [5, 5.41) is 12.4. The highest BCUT2D eigenvalue weighted by Crippen LogP contribution is 2.41. The van der Waals surface area contributed by atoms with E-state index in [1.165, 1.54) is 31.7 Å². The molecule has 0 aromatic heterocycles. The molecule has 0 saturated heterocycles. The summed E-state index contributed by atoms with van der Waals surface area (Å²) in [6, 6.07) is 5.11. The van der Waals surface area contributed by atoms with Crippen LogP contribution in [0.25, 0.3) is 0 Å². The first-order valence-electron chi connectivity index (χ1n) is 6.94. The summed E-state index contributed by atoms with van der Waals surface area (Å²) in [6.45, 7) is 3.10. The number of nitrogens with two attached hydrogens (primary N) is 1. The van der Waals surface area contributed by atoms with Gasteiger partial charge in [-0.1, -0.05) is 25.8 Å². The van der Waals surface area contributed by atoms with E-state index in [-0.39, 0.29) is 5.56 Å². The van der Waals surface area contributed by atoms with Gasteiger partial charge >= 0.3 is 5.97 Å². The minimum atomic E-state index is -0.979. The highest BCUT2D eigenvalue weighted by atomic mass is 16.4. The first-order valence-corrected chi connectivity index (χ1v) is 6.94. The Morgan fingerprint density at radius 3 is 2.68 bits per heavy atom. The van der Waals surface area contributed by atoms with E-state index < -0.39 is 5.97 Å². The van der Waals surface area contributed by atoms with Crippen molar-refractivity contribution >= 4 is 17.3 Å². The molecule has 0 atom stereocenters. The van der Waals surface area contributed by atoms with Crippen molar-refractivity contribution in [3.8, 4) is 0 Å². The summed E-state index contributed by atoms with van der Waals surface area (Å²) in [4.78, 5) is 11.0. The van der Waals surface area contributed by atoms with E-state index in [0.717, 1.165) is 18.7 Å². The molecule has 0 radical (unpaired) electrons. The summed E-state index contributed by atoms with van der Waals surface area (Å²) < 4.78 is 0. The van der Waals surface area contributed by atoms with Gasteiger partial charge in [-0.15, -0.1) is 0 Å². The van der Waals surface area contributed by atoms with Gasteiger partial charge in [0, 0.05) is 6.54 Å². The Morgan fingerprint density at radius 2 is 2.11 bits per heavy atom. The van der Waals surface area contributed by atoms with Gasteiger partial charge in [-0.05, 0) is 36.8 Å². The second kappa shape index (κ2) is 5.51. The fraction of sp³-hybridized carbons (Fsp3) is 0.533. The number of carbonyl (C=O) groups is 1. The van der Waals surface area contributed by atoms with E-state index >= 15 is 0 Å². The van der Waals surface area contributed by atoms with E-state index in [0.29, 0.717) is 11.1 Å². The molecule has 0 bridgehead atoms. The lowest BCUT2D eigenvalue weighted by Gasteiger charge is -2.28. The second-order valence-electron chi connectivity index (χ2n) is 5.49. The van der Waals surface area contributed by atoms with Crippen LogP contribution in [0.5, 0.6) is 0 Å². The fourth-order valence-corrected chi connectivity index (χ4v) is 2.97. The molecule has 4 heteroatoms. The average Bonchev–Trinajstić information content (AvgIpc) is 2.87. The number of nitrogens with one attached hydrogen (secondary N) is 1. The van der Waals surface area contributed by atoms with Crippen LogP contribution in [0.4, 0.5) is 11.4 Å². The number of aromatic carboxylic acids is 1. The Hall–Kier alpha value is -1.71. The summed E-state index contributed by atoms with van der Waals surface area (Å²) in [7, 11) is 0. The minimum absolute atomic E-state index is 0.168. The molecule has 0 heterocycles. The van der Waals surface area contributed by atoms with E-state index in [9.17, 15) is 4.79 Å². The summed E-state index contributed by atoms with van der Waals surface area (Å²) in [5.74, 6) is -0.979. The Labute approximate surface area is 114 Å². The Kier molecular flexibility index (Phi) is 3.98. The van der Waals surface area contributed by atoms with Gasteiger partial charge in [-0.2, -0.15) is 0 Å². The van der Waals surface area contributed by atoms with Crippen molar-refractivity contribution in [2.24, 2.45) is 5.41 Å². The van der Waals surface area contributed by atoms with Crippen LogP contribution in [0.2, 0.25) is 0 Å². The maximum Gasteiger partial charge on any atom is 0.337 e. The maximum atomic E-state index is 11.0. The number of hydrogen-bond acceptors (Lipinski definition) is 3. The summed E-state index contributed by atoms with van der Waals surface area (Å²) in [5.41, 5.74) is 7.50. The van der Waals surface area contributed by atoms with Crippen LogP contribution in [-0.2, 0) is 0 Å². The number of carboxylic acid groups (broad SMARTS) is 1. The number of nitrogen functional groups attached to an aromatic ring is 1. The number of carboxylic acids is 1. The summed E-state index contributed by atoms with van der Waals surface area (Å²) >= 11 is 0. The molecule has 1 fully saturated rings. The Balaban J connectivity index is 2.11. The monoisotopic (exact) mass is 262 g/mol. The third-order valence-corrected chi connectivity index (χ3v) is 4.40. The zero-order valence-corrected chi connectivity index (χ0v) is 11.4. The second-order valence-corrected chi connectivity index (χ2v) is 5.49. The highest BCUT2D eigenvalue weighted by molar-refractivity contribution is 5.97. The number of hydrogen-bond donors (Lipinski definition) is 3. The van der Waals surface area contributed by atoms with Crippen LogP contribution in [0, 0.1) is 5.41 Å². The molecule has 19 heavy (non-hydrogen) atoms. The van der Waals surface area contributed by atoms with Gasteiger partial charge in [-0.25, -0.2) is 4.79 Å². The van der Waals surface area contributed by atoms with Gasteiger partial charge in [0.25, 0.3) is 0 Å². The number of anilines is 2. The SMILES string of the molecule is CCC1(CNc2cccc(C(=O)O)c2N)CCCC1. The maximum absolute atomic E-state index is 11.0. The lowest BCUT2D eigenvalue weighted by molar-refractivity contribution is 0.0698. The predicted molar refractivity (Wildman–Crippen MR) is 77.5 cm³/mol. The quantitative estimate of drug-likeness (QED) is 0.711. The smallest absolute Gasteiger partial charge is 0.337 e. The van der Waals surface area contributed by atoms with Crippen molar-refractivity contribution in [1.82, 2.24) is 0 Å². The molecule has 0 amide bonds. The summed E-state index contributed by atoms with van der Waals surface area (Å²) in [6.07, 6.45) is 6.23. The van der Waals surface area contributed by atoms with E-state index in [2.05, 4.69) is 12.2 Å². The lowest BCUT2D eigenvalue weighted by Crippen LogP contribution is -2.26. The van der Waals surface area contributed by atoms with Gasteiger partial charge in [0.05, 0.1) is 16.9 Å². The van der Waals surface area contributed by atoms with Gasteiger partial charge < -0.3 is 16.2 Å². The molecule has 1 aromatic carbocycles. The zero-order valence-electron chi connectivity index (χ0n) is 11.4. The molecule has 0 spiro atoms. The third-order valence-electron chi connectivity index (χ3n) is 4.40. The number of benzene rings is 1. The van der Waals surface area contributed by atoms with Crippen LogP contribution in [0.1, 0.15) is 49.4 Å². The first-order chi connectivity index (χ1) is 9.08. The van der Waals surface area contributed by atoms with Crippen LogP contribution < -0.4 is 11.1 Å². The number of para-hydroxylation sites is 1. The highest BCUT2D eigenvalue weighted by Gasteiger charge is 2.31. The molecule has 1 aliphatic carbocycles. The molecule has 0 unspecified atom stereocenters. The van der Waals surface area contributed by atoms with Crippen LogP contribution in [-0.4, -0.2) is 17.6 Å². The minimum Gasteiger partial charge on any atom is -0.478 e. The predicted octanol–water partition coefficient (Wildman–Crippen LogP) is 3.35. The van der Waals surface area contributed by atoms with Gasteiger partial charge in [0.2, 0.25) is 0 Å². The fourth-order valence-electron chi connectivity index (χ4n) is 2.97. The van der Waals surface area contributed by atoms with Crippen molar-refractivity contribution in [2.75, 3.05) is 17.6 Å². The lowest BCUT2D eigenvalue weighted by atomic mass is 9.83. The van der Waals surface area contributed by atoms with Crippen molar-refractivity contribution in [3.63, 3.8) is 0 Å². The van der Waals surface area contributed by atoms with Gasteiger partial charge in [-0.3, -0.25) is 0 Å². The molecule has 0 aliphatic heterocycles. The Bertz CT molecular complexity index is 465. The standard InChI is InChI=1S/C15H22N2O2/c1-2-15(8-3-4-9-15)10-17-12-7-5-6-11(13(12)16)14(18)19/h5-7,17H,2-4,8-10,16H2,1H3,(H,18,19). The van der Waals surface area contributed by atoms with E-state index in [1.54, 1.807) is 6.07 Å². The van der Waals surface area contributed by atoms with Crippen LogP contribution in [0.15, 0.2) is 18.2 Å². The van der Waals surface area contributed by atoms with Crippen molar-refractivity contribution in [3.05, 3.63) is 23.8 Å². The van der Waals surface area contributed by atoms with Gasteiger partial charge in [0.15, 0.2) is 0 Å². The van der Waals surface area contributed by atoms with Crippen molar-refractivity contribution < 1.29 is 9.90 Å². The molecule has 2 rings (SSSR count). The molecule has 4 N–H and O–H groups in total. The topological polar surface area (TPSA) is 75.3 Å². The van der Waals surface area contributed by atoms with Gasteiger partial charge in [0.1, 0.15) is 0 Å². The number of rotatable bonds is 5. The van der Waals surface area contributed by atoms with Crippen LogP contribution in [0.3, 0.4) is 0 Å².